The summed E-state index contributed by atoms with van der Waals surface area (Å²) in [5.41, 5.74) is 3.70. The minimum Gasteiger partial charge on any atom is -0.497 e. The molecule has 0 aromatic heterocycles. The highest BCUT2D eigenvalue weighted by Crippen LogP contribution is 2.45. The number of carbonyl (C=O) groups is 3. The molecular weight excluding hydrogens is 442 g/mol. The number of fused-ring (bicyclic) bond motifs is 5. The largest absolute Gasteiger partial charge is 0.497 e. The van der Waals surface area contributed by atoms with Gasteiger partial charge in [-0.2, -0.15) is 0 Å². The summed E-state index contributed by atoms with van der Waals surface area (Å²) in [6.45, 7) is 0.918. The lowest BCUT2D eigenvalue weighted by atomic mass is 10.0. The molecule has 178 valence electrons. The Bertz CT molecular complexity index is 1270. The van der Waals surface area contributed by atoms with E-state index in [1.165, 1.54) is 0 Å². The van der Waals surface area contributed by atoms with Crippen molar-refractivity contribution in [3.05, 3.63) is 95.1 Å². The van der Waals surface area contributed by atoms with Crippen molar-refractivity contribution in [3.8, 4) is 5.75 Å². The van der Waals surface area contributed by atoms with Crippen LogP contribution >= 0.6 is 0 Å². The van der Waals surface area contributed by atoms with Crippen LogP contribution in [-0.2, 0) is 11.2 Å². The fourth-order valence-electron chi connectivity index (χ4n) is 4.84. The Morgan fingerprint density at radius 1 is 0.914 bits per heavy atom. The van der Waals surface area contributed by atoms with Crippen LogP contribution in [0, 0.1) is 0 Å². The monoisotopic (exact) mass is 469 g/mol. The molecule has 0 saturated heterocycles. The van der Waals surface area contributed by atoms with Gasteiger partial charge in [0.25, 0.3) is 11.8 Å². The van der Waals surface area contributed by atoms with Gasteiger partial charge in [0.05, 0.1) is 18.4 Å². The van der Waals surface area contributed by atoms with Gasteiger partial charge in [0.2, 0.25) is 5.91 Å². The van der Waals surface area contributed by atoms with E-state index in [4.69, 9.17) is 4.74 Å². The van der Waals surface area contributed by atoms with E-state index < -0.39 is 6.17 Å². The number of hydrogen-bond donors (Lipinski definition) is 1. The molecule has 2 heterocycles. The number of methoxy groups -OCH3 is 1. The van der Waals surface area contributed by atoms with Gasteiger partial charge in [0.1, 0.15) is 11.9 Å². The topological polar surface area (TPSA) is 79.0 Å². The molecule has 0 unspecified atom stereocenters. The lowest BCUT2D eigenvalue weighted by Crippen LogP contribution is -2.48. The molecule has 7 nitrogen and oxygen atoms in total. The van der Waals surface area contributed by atoms with E-state index in [9.17, 15) is 14.4 Å². The van der Waals surface area contributed by atoms with Crippen LogP contribution in [0.15, 0.2) is 72.8 Å². The molecule has 2 aliphatic heterocycles. The average molecular weight is 470 g/mol. The van der Waals surface area contributed by atoms with Gasteiger partial charge in [-0.15, -0.1) is 0 Å². The Labute approximate surface area is 204 Å². The lowest BCUT2D eigenvalue weighted by Gasteiger charge is -2.41. The highest BCUT2D eigenvalue weighted by atomic mass is 16.5. The van der Waals surface area contributed by atoms with Crippen molar-refractivity contribution in [1.29, 1.82) is 0 Å². The summed E-state index contributed by atoms with van der Waals surface area (Å²) in [5, 5.41) is 2.96. The van der Waals surface area contributed by atoms with E-state index in [0.717, 1.165) is 23.3 Å². The zero-order chi connectivity index (χ0) is 24.4. The molecule has 3 amide bonds. The van der Waals surface area contributed by atoms with Crippen LogP contribution < -0.4 is 15.0 Å². The number of anilines is 1. The van der Waals surface area contributed by atoms with Crippen molar-refractivity contribution in [1.82, 2.24) is 10.2 Å². The Hall–Kier alpha value is -4.13. The van der Waals surface area contributed by atoms with Gasteiger partial charge in [-0.1, -0.05) is 42.5 Å². The van der Waals surface area contributed by atoms with Crippen molar-refractivity contribution >= 4 is 23.4 Å². The first kappa shape index (κ1) is 22.7. The van der Waals surface area contributed by atoms with Crippen molar-refractivity contribution in [2.45, 2.75) is 25.4 Å². The smallest absolute Gasteiger partial charge is 0.260 e. The quantitative estimate of drug-likeness (QED) is 0.542. The van der Waals surface area contributed by atoms with E-state index in [2.05, 4.69) is 5.32 Å². The summed E-state index contributed by atoms with van der Waals surface area (Å²) < 4.78 is 5.17. The fourth-order valence-corrected chi connectivity index (χ4v) is 4.84. The first-order valence-electron chi connectivity index (χ1n) is 11.8. The number of benzene rings is 3. The van der Waals surface area contributed by atoms with E-state index in [0.29, 0.717) is 42.7 Å². The highest BCUT2D eigenvalue weighted by molar-refractivity contribution is 6.16. The van der Waals surface area contributed by atoms with Crippen LogP contribution in [0.25, 0.3) is 0 Å². The maximum absolute atomic E-state index is 13.4. The summed E-state index contributed by atoms with van der Waals surface area (Å²) in [5.74, 6) is 0.527. The van der Waals surface area contributed by atoms with E-state index in [1.54, 1.807) is 35.1 Å². The molecular formula is C28H27N3O4. The van der Waals surface area contributed by atoms with Gasteiger partial charge >= 0.3 is 0 Å². The second-order valence-corrected chi connectivity index (χ2v) is 8.70. The van der Waals surface area contributed by atoms with Gasteiger partial charge in [-0.05, 0) is 48.7 Å². The number of rotatable bonds is 8. The van der Waals surface area contributed by atoms with Crippen molar-refractivity contribution in [2.75, 3.05) is 25.1 Å². The molecule has 0 saturated carbocycles. The second kappa shape index (κ2) is 9.62. The normalized spacial score (nSPS) is 16.0. The molecule has 0 bridgehead atoms. The molecule has 3 aromatic carbocycles. The van der Waals surface area contributed by atoms with Crippen LogP contribution in [0.2, 0.25) is 0 Å². The van der Waals surface area contributed by atoms with E-state index in [1.807, 2.05) is 54.6 Å². The Balaban J connectivity index is 1.23. The van der Waals surface area contributed by atoms with Crippen LogP contribution in [0.5, 0.6) is 5.75 Å². The Morgan fingerprint density at radius 2 is 1.63 bits per heavy atom. The lowest BCUT2D eigenvalue weighted by molar-refractivity contribution is -0.121. The Morgan fingerprint density at radius 3 is 2.40 bits per heavy atom. The molecule has 7 heteroatoms. The van der Waals surface area contributed by atoms with Crippen molar-refractivity contribution < 1.29 is 19.1 Å². The van der Waals surface area contributed by atoms with Crippen molar-refractivity contribution in [2.24, 2.45) is 0 Å². The number of hydrogen-bond acceptors (Lipinski definition) is 4. The third-order valence-corrected chi connectivity index (χ3v) is 6.58. The molecule has 5 rings (SSSR count). The van der Waals surface area contributed by atoms with Gasteiger partial charge in [0.15, 0.2) is 0 Å². The summed E-state index contributed by atoms with van der Waals surface area (Å²) >= 11 is 0. The maximum Gasteiger partial charge on any atom is 0.260 e. The molecule has 1 N–H and O–H groups in total. The molecule has 0 radical (unpaired) electrons. The Kier molecular flexibility index (Phi) is 6.23. The predicted octanol–water partition coefficient (Wildman–Crippen LogP) is 3.95. The van der Waals surface area contributed by atoms with E-state index >= 15 is 0 Å². The van der Waals surface area contributed by atoms with Gasteiger partial charge < -0.3 is 15.0 Å². The van der Waals surface area contributed by atoms with Crippen LogP contribution in [0.3, 0.4) is 0 Å². The minimum absolute atomic E-state index is 0.0527. The van der Waals surface area contributed by atoms with Crippen LogP contribution in [0.1, 0.15) is 50.9 Å². The van der Waals surface area contributed by atoms with Gasteiger partial charge in [0, 0.05) is 30.6 Å². The first-order valence-corrected chi connectivity index (χ1v) is 11.8. The molecule has 3 aromatic rings. The van der Waals surface area contributed by atoms with Gasteiger partial charge in [-0.3, -0.25) is 19.3 Å². The third-order valence-electron chi connectivity index (χ3n) is 6.58. The number of nitrogens with zero attached hydrogens (tertiary/aromatic N) is 2. The van der Waals surface area contributed by atoms with Crippen LogP contribution in [-0.4, -0.2) is 42.8 Å². The maximum atomic E-state index is 13.4. The number of nitrogens with one attached hydrogen (secondary N) is 1. The molecule has 2 aliphatic rings. The predicted molar refractivity (Wildman–Crippen MR) is 132 cm³/mol. The molecule has 0 fully saturated rings. The third kappa shape index (κ3) is 4.25. The molecule has 0 aliphatic carbocycles. The summed E-state index contributed by atoms with van der Waals surface area (Å²) in [6.07, 6.45) is 1.05. The van der Waals surface area contributed by atoms with E-state index in [-0.39, 0.29) is 17.7 Å². The SMILES string of the molecule is COc1ccc(CCNC(=O)CCCN2C(=O)c3ccccc3N3C(=O)c4ccccc4[C@H]23)cc1. The van der Waals surface area contributed by atoms with Crippen molar-refractivity contribution in [3.63, 3.8) is 0 Å². The minimum atomic E-state index is -0.487. The number of carbonyl (C=O) groups excluding carboxylic acids is 3. The molecule has 0 spiro atoms. The van der Waals surface area contributed by atoms with Crippen LogP contribution in [0.4, 0.5) is 5.69 Å². The fraction of sp³-hybridized carbons (Fsp3) is 0.250. The number of ether oxygens (including phenoxy) is 1. The average Bonchev–Trinajstić information content (AvgIpc) is 3.19. The zero-order valence-electron chi connectivity index (χ0n) is 19.6. The summed E-state index contributed by atoms with van der Waals surface area (Å²) in [6, 6.07) is 22.4. The molecule has 1 atom stereocenters. The highest BCUT2D eigenvalue weighted by Gasteiger charge is 2.47. The second-order valence-electron chi connectivity index (χ2n) is 8.70. The standard InChI is InChI=1S/C28H27N3O4/c1-35-20-14-12-19(13-15-20)16-17-29-25(32)11-6-18-30-26-21-7-2-3-8-22(21)28(34)31(26)24-10-5-4-9-23(24)27(30)33/h2-5,7-10,12-15,26H,6,11,16-18H2,1H3,(H,29,32)/t26-/m1/s1. The summed E-state index contributed by atoms with van der Waals surface area (Å²) in [4.78, 5) is 42.5. The summed E-state index contributed by atoms with van der Waals surface area (Å²) in [7, 11) is 1.63. The van der Waals surface area contributed by atoms with Gasteiger partial charge in [-0.25, -0.2) is 0 Å². The zero-order valence-corrected chi connectivity index (χ0v) is 19.6. The number of para-hydroxylation sites is 1. The molecule has 35 heavy (non-hydrogen) atoms. The number of amides is 3. The first-order chi connectivity index (χ1) is 17.1.